The molecule has 14 heavy (non-hydrogen) atoms. The van der Waals surface area contributed by atoms with E-state index in [2.05, 4.69) is 23.1 Å². The fourth-order valence-corrected chi connectivity index (χ4v) is 2.28. The molecule has 0 fully saturated rings. The Bertz CT molecular complexity index is 101. The lowest BCUT2D eigenvalue weighted by Crippen LogP contribution is -1.97. The predicted molar refractivity (Wildman–Crippen MR) is 71.0 cm³/mol. The number of hydrogen-bond donors (Lipinski definition) is 0. The van der Waals surface area contributed by atoms with E-state index in [1.807, 2.05) is 0 Å². The molecule has 0 aliphatic rings. The topological polar surface area (TPSA) is 0 Å². The summed E-state index contributed by atoms with van der Waals surface area (Å²) >= 11 is 0. The van der Waals surface area contributed by atoms with E-state index in [4.69, 9.17) is 0 Å². The van der Waals surface area contributed by atoms with E-state index in [1.54, 1.807) is 0 Å². The van der Waals surface area contributed by atoms with E-state index < -0.39 is 0 Å². The summed E-state index contributed by atoms with van der Waals surface area (Å²) in [6.45, 7) is 4.56. The molecule has 0 saturated carbocycles. The highest BCUT2D eigenvalue weighted by Gasteiger charge is 2.01. The Labute approximate surface area is 93.4 Å². The monoisotopic (exact) mass is 216 g/mol. The molecular weight excluding hydrogens is 187 g/mol. The SMILES string of the molecule is CCCCCCCC(P)CCCCC. The van der Waals surface area contributed by atoms with Gasteiger partial charge in [0.15, 0.2) is 0 Å². The molecule has 0 N–H and O–H groups in total. The molecule has 0 aliphatic carbocycles. The zero-order valence-electron chi connectivity index (χ0n) is 10.2. The summed E-state index contributed by atoms with van der Waals surface area (Å²) < 4.78 is 0. The first-order valence-corrected chi connectivity index (χ1v) is 7.23. The number of hydrogen-bond acceptors (Lipinski definition) is 0. The van der Waals surface area contributed by atoms with Crippen LogP contribution >= 0.6 is 9.24 Å². The Balaban J connectivity index is 3.06. The van der Waals surface area contributed by atoms with Crippen molar-refractivity contribution in [2.75, 3.05) is 0 Å². The van der Waals surface area contributed by atoms with Gasteiger partial charge in [-0.3, -0.25) is 0 Å². The maximum atomic E-state index is 3.03. The molecule has 0 aromatic heterocycles. The Morgan fingerprint density at radius 2 is 1.14 bits per heavy atom. The normalized spacial score (nSPS) is 13.1. The van der Waals surface area contributed by atoms with Crippen molar-refractivity contribution in [3.8, 4) is 0 Å². The van der Waals surface area contributed by atoms with Gasteiger partial charge in [-0.15, -0.1) is 9.24 Å². The van der Waals surface area contributed by atoms with E-state index in [1.165, 1.54) is 64.2 Å². The fraction of sp³-hybridized carbons (Fsp3) is 1.00. The van der Waals surface area contributed by atoms with Crippen LogP contribution in [-0.4, -0.2) is 5.66 Å². The van der Waals surface area contributed by atoms with E-state index in [9.17, 15) is 0 Å². The number of rotatable bonds is 10. The van der Waals surface area contributed by atoms with Gasteiger partial charge in [0, 0.05) is 0 Å². The first-order chi connectivity index (χ1) is 6.81. The highest BCUT2D eigenvalue weighted by atomic mass is 31.0. The molecule has 2 atom stereocenters. The van der Waals surface area contributed by atoms with Crippen molar-refractivity contribution in [3.05, 3.63) is 0 Å². The first kappa shape index (κ1) is 14.4. The summed E-state index contributed by atoms with van der Waals surface area (Å²) in [7, 11) is 3.03. The summed E-state index contributed by atoms with van der Waals surface area (Å²) in [6, 6.07) is 0. The highest BCUT2D eigenvalue weighted by Crippen LogP contribution is 2.18. The van der Waals surface area contributed by atoms with Crippen LogP contribution in [0.1, 0.15) is 78.1 Å². The summed E-state index contributed by atoms with van der Waals surface area (Å²) in [5.41, 5.74) is 0.892. The third-order valence-electron chi connectivity index (χ3n) is 2.86. The molecule has 0 spiro atoms. The molecule has 0 saturated heterocycles. The molecule has 0 amide bonds. The van der Waals surface area contributed by atoms with Crippen LogP contribution in [0, 0.1) is 0 Å². The molecule has 0 aliphatic heterocycles. The Hall–Kier alpha value is 0.430. The van der Waals surface area contributed by atoms with Gasteiger partial charge in [-0.1, -0.05) is 65.2 Å². The summed E-state index contributed by atoms with van der Waals surface area (Å²) in [6.07, 6.45) is 14.2. The van der Waals surface area contributed by atoms with Crippen LogP contribution in [0.3, 0.4) is 0 Å². The van der Waals surface area contributed by atoms with Gasteiger partial charge in [-0.25, -0.2) is 0 Å². The standard InChI is InChI=1S/C13H29P/c1-3-5-7-8-10-12-13(14)11-9-6-4-2/h13H,3-12,14H2,1-2H3. The third kappa shape index (κ3) is 10.5. The van der Waals surface area contributed by atoms with Crippen molar-refractivity contribution in [2.45, 2.75) is 83.7 Å². The van der Waals surface area contributed by atoms with Crippen LogP contribution in [0.2, 0.25) is 0 Å². The van der Waals surface area contributed by atoms with Gasteiger partial charge in [-0.05, 0) is 18.5 Å². The van der Waals surface area contributed by atoms with Gasteiger partial charge in [0.25, 0.3) is 0 Å². The first-order valence-electron chi connectivity index (χ1n) is 6.56. The summed E-state index contributed by atoms with van der Waals surface area (Å²) in [5.74, 6) is 0. The van der Waals surface area contributed by atoms with Crippen molar-refractivity contribution < 1.29 is 0 Å². The van der Waals surface area contributed by atoms with Crippen LogP contribution < -0.4 is 0 Å². The second-order valence-corrected chi connectivity index (χ2v) is 5.40. The lowest BCUT2D eigenvalue weighted by Gasteiger charge is -2.10. The van der Waals surface area contributed by atoms with Gasteiger partial charge in [0.05, 0.1) is 0 Å². The minimum absolute atomic E-state index is 0.892. The molecule has 86 valence electrons. The molecule has 0 heterocycles. The lowest BCUT2D eigenvalue weighted by molar-refractivity contribution is 0.563. The van der Waals surface area contributed by atoms with Gasteiger partial charge in [-0.2, -0.15) is 0 Å². The molecule has 0 bridgehead atoms. The molecule has 2 unspecified atom stereocenters. The molecule has 1 heteroatoms. The van der Waals surface area contributed by atoms with Crippen molar-refractivity contribution in [1.82, 2.24) is 0 Å². The van der Waals surface area contributed by atoms with Gasteiger partial charge in [0.1, 0.15) is 0 Å². The summed E-state index contributed by atoms with van der Waals surface area (Å²) in [5, 5.41) is 0. The maximum Gasteiger partial charge on any atom is -0.0264 e. The molecule has 0 rings (SSSR count). The van der Waals surface area contributed by atoms with Crippen molar-refractivity contribution in [1.29, 1.82) is 0 Å². The van der Waals surface area contributed by atoms with Crippen LogP contribution in [0.25, 0.3) is 0 Å². The van der Waals surface area contributed by atoms with Gasteiger partial charge >= 0.3 is 0 Å². The maximum absolute atomic E-state index is 3.03. The molecule has 0 aromatic rings. The Morgan fingerprint density at radius 1 is 0.714 bits per heavy atom. The third-order valence-corrected chi connectivity index (χ3v) is 3.52. The zero-order chi connectivity index (χ0) is 10.6. The van der Waals surface area contributed by atoms with E-state index in [-0.39, 0.29) is 0 Å². The lowest BCUT2D eigenvalue weighted by atomic mass is 10.1. The second-order valence-electron chi connectivity index (χ2n) is 4.46. The molecule has 0 radical (unpaired) electrons. The minimum Gasteiger partial charge on any atom is -0.134 e. The Morgan fingerprint density at radius 3 is 1.71 bits per heavy atom. The van der Waals surface area contributed by atoms with Gasteiger partial charge < -0.3 is 0 Å². The zero-order valence-corrected chi connectivity index (χ0v) is 11.4. The molecule has 0 aromatic carbocycles. The van der Waals surface area contributed by atoms with Crippen LogP contribution in [0.15, 0.2) is 0 Å². The predicted octanol–water partition coefficient (Wildman–Crippen LogP) is 5.17. The summed E-state index contributed by atoms with van der Waals surface area (Å²) in [4.78, 5) is 0. The quantitative estimate of drug-likeness (QED) is 0.349. The van der Waals surface area contributed by atoms with Crippen LogP contribution in [-0.2, 0) is 0 Å². The van der Waals surface area contributed by atoms with E-state index >= 15 is 0 Å². The molecule has 0 nitrogen and oxygen atoms in total. The van der Waals surface area contributed by atoms with E-state index in [0.29, 0.717) is 0 Å². The van der Waals surface area contributed by atoms with Crippen molar-refractivity contribution >= 4 is 9.24 Å². The smallest absolute Gasteiger partial charge is 0.0264 e. The molecular formula is C13H29P. The van der Waals surface area contributed by atoms with Crippen molar-refractivity contribution in [3.63, 3.8) is 0 Å². The minimum atomic E-state index is 0.892. The highest BCUT2D eigenvalue weighted by molar-refractivity contribution is 7.17. The van der Waals surface area contributed by atoms with Gasteiger partial charge in [0.2, 0.25) is 0 Å². The fourth-order valence-electron chi connectivity index (χ4n) is 1.81. The van der Waals surface area contributed by atoms with Crippen molar-refractivity contribution in [2.24, 2.45) is 0 Å². The average Bonchev–Trinajstić information content (AvgIpc) is 2.18. The largest absolute Gasteiger partial charge is 0.134 e. The van der Waals surface area contributed by atoms with Crippen LogP contribution in [0.5, 0.6) is 0 Å². The number of unbranched alkanes of at least 4 members (excludes halogenated alkanes) is 6. The second kappa shape index (κ2) is 11.5. The van der Waals surface area contributed by atoms with E-state index in [0.717, 1.165) is 5.66 Å². The Kier molecular flexibility index (Phi) is 11.9. The van der Waals surface area contributed by atoms with Crippen LogP contribution in [0.4, 0.5) is 0 Å². The average molecular weight is 216 g/mol.